The van der Waals surface area contributed by atoms with Gasteiger partial charge in [0.25, 0.3) is 0 Å². The summed E-state index contributed by atoms with van der Waals surface area (Å²) < 4.78 is 0. The van der Waals surface area contributed by atoms with Crippen LogP contribution in [0, 0.1) is 12.3 Å². The highest BCUT2D eigenvalue weighted by Crippen LogP contribution is 1.94. The van der Waals surface area contributed by atoms with E-state index in [9.17, 15) is 0 Å². The molecule has 0 heteroatoms. The Labute approximate surface area is 51.6 Å². The van der Waals surface area contributed by atoms with Crippen LogP contribution >= 0.6 is 0 Å². The van der Waals surface area contributed by atoms with Gasteiger partial charge in [-0.15, -0.1) is 6.42 Å². The normalized spacial score (nSPS) is 10.9. The van der Waals surface area contributed by atoms with Crippen LogP contribution in [0.1, 0.15) is 26.7 Å². The van der Waals surface area contributed by atoms with E-state index in [1.165, 1.54) is 6.42 Å². The van der Waals surface area contributed by atoms with Gasteiger partial charge in [-0.1, -0.05) is 25.3 Å². The average molecular weight is 108 g/mol. The zero-order valence-electron chi connectivity index (χ0n) is 5.57. The fraction of sp³-hybridized carbons (Fsp3) is 0.500. The predicted molar refractivity (Wildman–Crippen MR) is 37.5 cm³/mol. The molecule has 0 fully saturated rings. The molecule has 0 heterocycles. The lowest BCUT2D eigenvalue weighted by Gasteiger charge is -1.84. The van der Waals surface area contributed by atoms with E-state index in [4.69, 9.17) is 6.42 Å². The van der Waals surface area contributed by atoms with E-state index in [1.807, 2.05) is 6.92 Å². The Bertz CT molecular complexity index is 112. The minimum Gasteiger partial charge on any atom is -0.115 e. The Morgan fingerprint density at radius 3 is 2.75 bits per heavy atom. The maximum atomic E-state index is 5.09. The summed E-state index contributed by atoms with van der Waals surface area (Å²) in [5.74, 6) is 2.56. The van der Waals surface area contributed by atoms with Gasteiger partial charge >= 0.3 is 0 Å². The van der Waals surface area contributed by atoms with Crippen molar-refractivity contribution in [1.29, 1.82) is 0 Å². The molecule has 0 unspecified atom stereocenters. The van der Waals surface area contributed by atoms with Gasteiger partial charge in [-0.2, -0.15) is 0 Å². The highest BCUT2D eigenvalue weighted by atomic mass is 13.8. The van der Waals surface area contributed by atoms with Crippen molar-refractivity contribution in [2.24, 2.45) is 0 Å². The third-order valence-corrected chi connectivity index (χ3v) is 0.967. The molecular formula is C8H12. The second-order valence-corrected chi connectivity index (χ2v) is 1.82. The standard InChI is InChI=1S/C8H12/c1-4-6-7-8(3)5-2/h2,7H,4,6H2,1,3H3. The van der Waals surface area contributed by atoms with Crippen LogP contribution in [0.25, 0.3) is 0 Å². The third kappa shape index (κ3) is 3.49. The lowest BCUT2D eigenvalue weighted by Crippen LogP contribution is -1.67. The molecule has 0 bridgehead atoms. The smallest absolute Gasteiger partial charge is 0.00533 e. The molecule has 0 atom stereocenters. The highest BCUT2D eigenvalue weighted by Gasteiger charge is 1.76. The van der Waals surface area contributed by atoms with Gasteiger partial charge < -0.3 is 0 Å². The fourth-order valence-electron chi connectivity index (χ4n) is 0.420. The number of rotatable bonds is 2. The molecule has 0 aromatic rings. The van der Waals surface area contributed by atoms with Crippen LogP contribution in [-0.2, 0) is 0 Å². The Balaban J connectivity index is 3.46. The largest absolute Gasteiger partial charge is 0.115 e. The van der Waals surface area contributed by atoms with Gasteiger partial charge in [-0.05, 0) is 18.9 Å². The van der Waals surface area contributed by atoms with Crippen LogP contribution in [0.4, 0.5) is 0 Å². The number of allylic oxidation sites excluding steroid dienone is 2. The molecule has 0 aromatic heterocycles. The van der Waals surface area contributed by atoms with Crippen molar-refractivity contribution in [2.45, 2.75) is 26.7 Å². The first-order valence-electron chi connectivity index (χ1n) is 2.94. The third-order valence-electron chi connectivity index (χ3n) is 0.967. The number of terminal acetylenes is 1. The van der Waals surface area contributed by atoms with Crippen molar-refractivity contribution in [3.8, 4) is 12.3 Å². The molecule has 44 valence electrons. The molecule has 0 aliphatic carbocycles. The average Bonchev–Trinajstić information content (AvgIpc) is 1.83. The summed E-state index contributed by atoms with van der Waals surface area (Å²) in [5, 5.41) is 0. The molecule has 0 saturated heterocycles. The number of hydrogen-bond acceptors (Lipinski definition) is 0. The van der Waals surface area contributed by atoms with Crippen molar-refractivity contribution < 1.29 is 0 Å². The zero-order chi connectivity index (χ0) is 6.41. The summed E-state index contributed by atoms with van der Waals surface area (Å²) in [4.78, 5) is 0. The zero-order valence-corrected chi connectivity index (χ0v) is 5.57. The Hall–Kier alpha value is -0.700. The first-order chi connectivity index (χ1) is 3.81. The summed E-state index contributed by atoms with van der Waals surface area (Å²) in [6.45, 7) is 4.09. The maximum absolute atomic E-state index is 5.09. The van der Waals surface area contributed by atoms with Gasteiger partial charge in [-0.25, -0.2) is 0 Å². The SMILES string of the molecule is C#CC(C)=CCCC. The quantitative estimate of drug-likeness (QED) is 0.476. The van der Waals surface area contributed by atoms with Gasteiger partial charge in [-0.3, -0.25) is 0 Å². The molecule has 0 spiro atoms. The van der Waals surface area contributed by atoms with Crippen molar-refractivity contribution >= 4 is 0 Å². The molecule has 8 heavy (non-hydrogen) atoms. The van der Waals surface area contributed by atoms with E-state index in [0.29, 0.717) is 0 Å². The van der Waals surface area contributed by atoms with E-state index in [2.05, 4.69) is 18.9 Å². The topological polar surface area (TPSA) is 0 Å². The van der Waals surface area contributed by atoms with Gasteiger partial charge in [0.1, 0.15) is 0 Å². The number of unbranched alkanes of at least 4 members (excludes halogenated alkanes) is 1. The monoisotopic (exact) mass is 108 g/mol. The van der Waals surface area contributed by atoms with Crippen LogP contribution in [0.2, 0.25) is 0 Å². The van der Waals surface area contributed by atoms with Crippen molar-refractivity contribution in [3.05, 3.63) is 11.6 Å². The van der Waals surface area contributed by atoms with E-state index in [0.717, 1.165) is 12.0 Å². The lowest BCUT2D eigenvalue weighted by atomic mass is 10.2. The van der Waals surface area contributed by atoms with Gasteiger partial charge in [0.15, 0.2) is 0 Å². The minimum atomic E-state index is 1.05. The summed E-state index contributed by atoms with van der Waals surface area (Å²) >= 11 is 0. The van der Waals surface area contributed by atoms with E-state index < -0.39 is 0 Å². The Morgan fingerprint density at radius 1 is 1.75 bits per heavy atom. The molecule has 0 aliphatic rings. The van der Waals surface area contributed by atoms with Crippen LogP contribution < -0.4 is 0 Å². The molecule has 0 N–H and O–H groups in total. The minimum absolute atomic E-state index is 1.05. The summed E-state index contributed by atoms with van der Waals surface area (Å²) in [6.07, 6.45) is 9.46. The van der Waals surface area contributed by atoms with Crippen molar-refractivity contribution in [2.75, 3.05) is 0 Å². The first-order valence-corrected chi connectivity index (χ1v) is 2.94. The van der Waals surface area contributed by atoms with Crippen molar-refractivity contribution in [1.82, 2.24) is 0 Å². The maximum Gasteiger partial charge on any atom is -0.00533 e. The second-order valence-electron chi connectivity index (χ2n) is 1.82. The molecule has 0 saturated carbocycles. The number of hydrogen-bond donors (Lipinski definition) is 0. The molecule has 0 amide bonds. The van der Waals surface area contributed by atoms with Gasteiger partial charge in [0.05, 0.1) is 0 Å². The molecule has 0 rings (SSSR count). The predicted octanol–water partition coefficient (Wildman–Crippen LogP) is 2.37. The summed E-state index contributed by atoms with van der Waals surface area (Å²) in [6, 6.07) is 0. The van der Waals surface area contributed by atoms with E-state index in [1.54, 1.807) is 0 Å². The van der Waals surface area contributed by atoms with Crippen LogP contribution in [0.3, 0.4) is 0 Å². The Morgan fingerprint density at radius 2 is 2.38 bits per heavy atom. The molecule has 0 aliphatic heterocycles. The molecule has 0 nitrogen and oxygen atoms in total. The first kappa shape index (κ1) is 7.30. The lowest BCUT2D eigenvalue weighted by molar-refractivity contribution is 0.953. The van der Waals surface area contributed by atoms with E-state index >= 15 is 0 Å². The molecule has 0 radical (unpaired) electrons. The van der Waals surface area contributed by atoms with E-state index in [-0.39, 0.29) is 0 Å². The highest BCUT2D eigenvalue weighted by molar-refractivity contribution is 5.21. The Kier molecular flexibility index (Phi) is 4.07. The van der Waals surface area contributed by atoms with Gasteiger partial charge in [0.2, 0.25) is 0 Å². The molecule has 0 aromatic carbocycles. The second kappa shape index (κ2) is 4.46. The summed E-state index contributed by atoms with van der Waals surface area (Å²) in [5.41, 5.74) is 1.05. The van der Waals surface area contributed by atoms with Crippen LogP contribution in [0.15, 0.2) is 11.6 Å². The van der Waals surface area contributed by atoms with Crippen LogP contribution in [-0.4, -0.2) is 0 Å². The van der Waals surface area contributed by atoms with Crippen LogP contribution in [0.5, 0.6) is 0 Å². The van der Waals surface area contributed by atoms with Gasteiger partial charge in [0, 0.05) is 0 Å². The molecular weight excluding hydrogens is 96.1 g/mol. The fourth-order valence-corrected chi connectivity index (χ4v) is 0.420. The van der Waals surface area contributed by atoms with Crippen molar-refractivity contribution in [3.63, 3.8) is 0 Å². The summed E-state index contributed by atoms with van der Waals surface area (Å²) in [7, 11) is 0.